The summed E-state index contributed by atoms with van der Waals surface area (Å²) in [4.78, 5) is 9.39. The molecule has 1 aromatic carbocycles. The van der Waals surface area contributed by atoms with Gasteiger partial charge in [0.1, 0.15) is 11.6 Å². The molecule has 4 N–H and O–H groups in total. The predicted octanol–water partition coefficient (Wildman–Crippen LogP) is 3.34. The van der Waals surface area contributed by atoms with E-state index in [9.17, 15) is 13.2 Å². The van der Waals surface area contributed by atoms with Gasteiger partial charge in [0.05, 0.1) is 6.04 Å². The molecule has 1 aliphatic heterocycles. The highest BCUT2D eigenvalue weighted by molar-refractivity contribution is 6.10. The zero-order chi connectivity index (χ0) is 20.8. The summed E-state index contributed by atoms with van der Waals surface area (Å²) >= 11 is 0. The van der Waals surface area contributed by atoms with Crippen LogP contribution in [0.3, 0.4) is 0 Å². The lowest BCUT2D eigenvalue weighted by atomic mass is 9.97. The molecule has 0 amide bonds. The lowest BCUT2D eigenvalue weighted by Gasteiger charge is -2.38. The average Bonchev–Trinajstić information content (AvgIpc) is 3.53. The Balaban J connectivity index is 1.66. The van der Waals surface area contributed by atoms with Crippen LogP contribution in [-0.2, 0) is 0 Å². The Labute approximate surface area is 167 Å². The van der Waals surface area contributed by atoms with E-state index in [0.717, 1.165) is 25.7 Å². The molecule has 2 aliphatic carbocycles. The zero-order valence-electron chi connectivity index (χ0n) is 16.5. The van der Waals surface area contributed by atoms with Crippen LogP contribution in [0.2, 0.25) is 0 Å². The third kappa shape index (κ3) is 4.83. The molecule has 0 saturated heterocycles. The smallest absolute Gasteiger partial charge is 0.406 e. The van der Waals surface area contributed by atoms with Crippen molar-refractivity contribution < 1.29 is 17.9 Å². The van der Waals surface area contributed by atoms with Gasteiger partial charge in [-0.1, -0.05) is 19.1 Å². The maximum atomic E-state index is 12.6. The van der Waals surface area contributed by atoms with Crippen LogP contribution in [0.1, 0.15) is 45.1 Å². The molecule has 0 spiro atoms. The van der Waals surface area contributed by atoms with Crippen LogP contribution in [-0.4, -0.2) is 30.0 Å². The summed E-state index contributed by atoms with van der Waals surface area (Å²) in [6.45, 7) is 4.10. The molecule has 0 bridgehead atoms. The Kier molecular flexibility index (Phi) is 4.96. The molecule has 3 atom stereocenters. The molecule has 1 aromatic rings. The first kappa shape index (κ1) is 20.0. The number of amidine groups is 1. The van der Waals surface area contributed by atoms with Gasteiger partial charge in [0.2, 0.25) is 0 Å². The number of aliphatic imine (C=N–C) groups is 2. The molecule has 2 fully saturated rings. The van der Waals surface area contributed by atoms with E-state index < -0.39 is 12.1 Å². The van der Waals surface area contributed by atoms with E-state index in [1.807, 2.05) is 6.92 Å². The van der Waals surface area contributed by atoms with Crippen LogP contribution < -0.4 is 21.1 Å². The molecule has 1 unspecified atom stereocenters. The lowest BCUT2D eigenvalue weighted by molar-refractivity contribution is -0.274. The second-order valence-corrected chi connectivity index (χ2v) is 8.29. The number of hydrogen-bond donors (Lipinski definition) is 3. The number of nitrogens with one attached hydrogen (secondary N) is 2. The van der Waals surface area contributed by atoms with Crippen molar-refractivity contribution in [3.63, 3.8) is 0 Å². The number of alkyl halides is 3. The van der Waals surface area contributed by atoms with Crippen molar-refractivity contribution in [3.8, 4) is 5.75 Å². The minimum absolute atomic E-state index is 0.0515. The fourth-order valence-corrected chi connectivity index (χ4v) is 3.67. The van der Waals surface area contributed by atoms with E-state index in [0.29, 0.717) is 29.2 Å². The standard InChI is InChI=1S/C20H26F3N5O/c1-11(13-6-7-13)19(24)27-17(26-18(28-19)25-12(2)14-8-9-14)15-4-3-5-16(10-15)29-20(21,22)23/h3-5,10-14H,6-9,24H2,1-2H3,(H2,25,26,27,28)/t11-,12-,19?/m1/s1. The molecule has 3 aliphatic rings. The lowest BCUT2D eigenvalue weighted by Crippen LogP contribution is -2.66. The molecule has 2 saturated carbocycles. The van der Waals surface area contributed by atoms with E-state index in [4.69, 9.17) is 10.7 Å². The van der Waals surface area contributed by atoms with E-state index >= 15 is 0 Å². The van der Waals surface area contributed by atoms with Crippen LogP contribution >= 0.6 is 0 Å². The molecule has 1 heterocycles. The fourth-order valence-electron chi connectivity index (χ4n) is 3.67. The maximum absolute atomic E-state index is 12.6. The molecule has 0 radical (unpaired) electrons. The summed E-state index contributed by atoms with van der Waals surface area (Å²) in [7, 11) is 0. The van der Waals surface area contributed by atoms with Gasteiger partial charge >= 0.3 is 6.36 Å². The minimum atomic E-state index is -4.76. The van der Waals surface area contributed by atoms with Gasteiger partial charge in [0.15, 0.2) is 11.7 Å². The van der Waals surface area contributed by atoms with Crippen LogP contribution in [0.4, 0.5) is 13.2 Å². The summed E-state index contributed by atoms with van der Waals surface area (Å²) in [5.41, 5.74) is 7.09. The topological polar surface area (TPSA) is 84.0 Å². The first-order valence-corrected chi connectivity index (χ1v) is 10.0. The third-order valence-electron chi connectivity index (χ3n) is 5.85. The Morgan fingerprint density at radius 3 is 2.52 bits per heavy atom. The largest absolute Gasteiger partial charge is 0.573 e. The third-order valence-corrected chi connectivity index (χ3v) is 5.85. The first-order chi connectivity index (χ1) is 13.6. The van der Waals surface area contributed by atoms with Gasteiger partial charge < -0.3 is 15.4 Å². The van der Waals surface area contributed by atoms with E-state index in [-0.39, 0.29) is 17.7 Å². The molecule has 9 heteroatoms. The predicted molar refractivity (Wildman–Crippen MR) is 104 cm³/mol. The van der Waals surface area contributed by atoms with Crippen LogP contribution in [0, 0.1) is 17.8 Å². The zero-order valence-corrected chi connectivity index (χ0v) is 16.5. The Morgan fingerprint density at radius 1 is 1.21 bits per heavy atom. The van der Waals surface area contributed by atoms with E-state index in [2.05, 4.69) is 27.3 Å². The quantitative estimate of drug-likeness (QED) is 0.673. The van der Waals surface area contributed by atoms with Crippen LogP contribution in [0.15, 0.2) is 34.3 Å². The van der Waals surface area contributed by atoms with Gasteiger partial charge in [0, 0.05) is 11.5 Å². The molecule has 4 rings (SSSR count). The monoisotopic (exact) mass is 409 g/mol. The summed E-state index contributed by atoms with van der Waals surface area (Å²) in [6, 6.07) is 5.85. The number of guanidine groups is 1. The van der Waals surface area contributed by atoms with Crippen LogP contribution in [0.25, 0.3) is 0 Å². The highest BCUT2D eigenvalue weighted by Crippen LogP contribution is 2.41. The summed E-state index contributed by atoms with van der Waals surface area (Å²) < 4.78 is 41.9. The van der Waals surface area contributed by atoms with Crippen molar-refractivity contribution in [1.82, 2.24) is 10.6 Å². The fraction of sp³-hybridized carbons (Fsp3) is 0.600. The molecular formula is C20H26F3N5O. The number of rotatable bonds is 6. The normalized spacial score (nSPS) is 28.2. The minimum Gasteiger partial charge on any atom is -0.406 e. The Morgan fingerprint density at radius 2 is 1.90 bits per heavy atom. The van der Waals surface area contributed by atoms with Crippen molar-refractivity contribution >= 4 is 11.8 Å². The molecular weight excluding hydrogens is 383 g/mol. The highest BCUT2D eigenvalue weighted by Gasteiger charge is 2.44. The highest BCUT2D eigenvalue weighted by atomic mass is 19.4. The number of benzene rings is 1. The van der Waals surface area contributed by atoms with Crippen molar-refractivity contribution in [1.29, 1.82) is 0 Å². The van der Waals surface area contributed by atoms with Gasteiger partial charge in [-0.15, -0.1) is 13.2 Å². The number of hydrogen-bond acceptors (Lipinski definition) is 4. The summed E-state index contributed by atoms with van der Waals surface area (Å²) in [6.07, 6.45) is -0.254. The first-order valence-electron chi connectivity index (χ1n) is 10.0. The number of ether oxygens (including phenoxy) is 1. The SMILES string of the molecule is C[C@H](C1CC1)C1(N)N=C(c2cccc(OC(F)(F)F)c2)NC(=N[C@H](C)C2CC2)N1. The summed E-state index contributed by atoms with van der Waals surface area (Å²) in [5, 5.41) is 6.35. The molecule has 29 heavy (non-hydrogen) atoms. The average molecular weight is 409 g/mol. The molecule has 6 nitrogen and oxygen atoms in total. The Bertz CT molecular complexity index is 832. The number of halogens is 3. The molecule has 0 aromatic heterocycles. The van der Waals surface area contributed by atoms with Crippen molar-refractivity contribution in [2.45, 2.75) is 57.7 Å². The summed E-state index contributed by atoms with van der Waals surface area (Å²) in [5.74, 6) is 0.587. The van der Waals surface area contributed by atoms with Gasteiger partial charge in [-0.2, -0.15) is 0 Å². The second-order valence-electron chi connectivity index (χ2n) is 8.29. The molecule has 158 valence electrons. The van der Waals surface area contributed by atoms with Gasteiger partial charge in [0.25, 0.3) is 0 Å². The maximum Gasteiger partial charge on any atom is 0.573 e. The number of nitrogens with zero attached hydrogens (tertiary/aromatic N) is 2. The van der Waals surface area contributed by atoms with Crippen molar-refractivity contribution in [2.24, 2.45) is 33.5 Å². The van der Waals surface area contributed by atoms with Gasteiger partial charge in [-0.3, -0.25) is 5.73 Å². The van der Waals surface area contributed by atoms with E-state index in [1.165, 1.54) is 18.2 Å². The van der Waals surface area contributed by atoms with E-state index in [1.54, 1.807) is 6.07 Å². The number of nitrogens with two attached hydrogens (primary N) is 1. The van der Waals surface area contributed by atoms with Gasteiger partial charge in [-0.05, 0) is 56.6 Å². The second kappa shape index (κ2) is 7.19. The van der Waals surface area contributed by atoms with Crippen molar-refractivity contribution in [2.75, 3.05) is 0 Å². The van der Waals surface area contributed by atoms with Crippen LogP contribution in [0.5, 0.6) is 5.75 Å². The van der Waals surface area contributed by atoms with Gasteiger partial charge in [-0.25, -0.2) is 9.98 Å². The van der Waals surface area contributed by atoms with Crippen molar-refractivity contribution in [3.05, 3.63) is 29.8 Å². The Hall–Kier alpha value is -2.29.